The highest BCUT2D eigenvalue weighted by molar-refractivity contribution is 5.90. The van der Waals surface area contributed by atoms with Crippen LogP contribution in [0.25, 0.3) is 0 Å². The highest BCUT2D eigenvalue weighted by atomic mass is 16.6. The molecule has 9 nitrogen and oxygen atoms in total. The number of carbonyl (C=O) groups excluding carboxylic acids is 4. The third kappa shape index (κ3) is 7.29. The third-order valence-electron chi connectivity index (χ3n) is 11.7. The Labute approximate surface area is 273 Å². The molecule has 8 aliphatic carbocycles. The van der Waals surface area contributed by atoms with Crippen LogP contribution in [0.3, 0.4) is 0 Å². The Bertz CT molecular complexity index is 1240. The van der Waals surface area contributed by atoms with E-state index in [0.29, 0.717) is 53.8 Å². The smallest absolute Gasteiger partial charge is 0.347 e. The molecule has 9 heteroatoms. The summed E-state index contributed by atoms with van der Waals surface area (Å²) in [7, 11) is 0. The summed E-state index contributed by atoms with van der Waals surface area (Å²) in [5.74, 6) is 2.94. The molecule has 254 valence electrons. The molecule has 0 spiro atoms. The maximum atomic E-state index is 11.8. The average Bonchev–Trinajstić information content (AvgIpc) is 3.36. The molecule has 0 radical (unpaired) electrons. The van der Waals surface area contributed by atoms with Gasteiger partial charge in [0.05, 0.1) is 12.2 Å². The van der Waals surface area contributed by atoms with Crippen molar-refractivity contribution >= 4 is 23.9 Å². The largest absolute Gasteiger partial charge is 0.463 e. The van der Waals surface area contributed by atoms with Crippen molar-refractivity contribution in [3.05, 3.63) is 36.5 Å². The maximum Gasteiger partial charge on any atom is 0.347 e. The zero-order valence-electron chi connectivity index (χ0n) is 28.0. The number of hydrogen-bond donors (Lipinski definition) is 1. The van der Waals surface area contributed by atoms with Gasteiger partial charge in [-0.3, -0.25) is 0 Å². The highest BCUT2D eigenvalue weighted by Gasteiger charge is 2.57. The predicted octanol–water partition coefficient (Wildman–Crippen LogP) is 5.79. The van der Waals surface area contributed by atoms with Crippen LogP contribution in [0.4, 0.5) is 0 Å². The molecule has 1 N–H and O–H groups in total. The molecule has 8 saturated carbocycles. The topological polar surface area (TPSA) is 125 Å². The number of aliphatic hydroxyl groups is 1. The standard InChI is InChI=1S/C15H22O2.C14H20O3.C8H10O4/c1-9(2)14(16)17-15(3)12-5-10-4-11(7-12)8-13(15)6-10;1-8(2)13(15)17-12-10-3-9-4-11(12)7-14(16,5-9)6-10;1-5(2)7(9)12-6-3-4-11-8(6)10/h10-13H,1,4-8H2,2-3H3;9-12,16H,1,3-7H2,2H3;6H,1,3-4H2,2H3. The van der Waals surface area contributed by atoms with Crippen LogP contribution in [-0.2, 0) is 38.1 Å². The van der Waals surface area contributed by atoms with Crippen LogP contribution in [0, 0.1) is 41.4 Å². The summed E-state index contributed by atoms with van der Waals surface area (Å²) in [6.45, 7) is 18.2. The summed E-state index contributed by atoms with van der Waals surface area (Å²) in [4.78, 5) is 45.2. The van der Waals surface area contributed by atoms with Crippen LogP contribution in [0.1, 0.15) is 98.3 Å². The minimum atomic E-state index is -0.728. The van der Waals surface area contributed by atoms with Crippen molar-refractivity contribution in [2.75, 3.05) is 6.61 Å². The molecule has 0 amide bonds. The van der Waals surface area contributed by atoms with E-state index in [1.54, 1.807) is 13.8 Å². The van der Waals surface area contributed by atoms with Crippen molar-refractivity contribution < 1.29 is 43.2 Å². The van der Waals surface area contributed by atoms with Crippen LogP contribution >= 0.6 is 0 Å². The first-order valence-electron chi connectivity index (χ1n) is 17.1. The lowest BCUT2D eigenvalue weighted by Crippen LogP contribution is -2.58. The number of esters is 4. The van der Waals surface area contributed by atoms with E-state index < -0.39 is 23.6 Å². The van der Waals surface area contributed by atoms with Gasteiger partial charge in [-0.15, -0.1) is 0 Å². The van der Waals surface area contributed by atoms with Gasteiger partial charge in [0, 0.05) is 23.1 Å². The van der Waals surface area contributed by atoms with Gasteiger partial charge in [0.25, 0.3) is 0 Å². The molecule has 0 aromatic heterocycles. The summed E-state index contributed by atoms with van der Waals surface area (Å²) in [6.07, 6.45) is 11.1. The predicted molar refractivity (Wildman–Crippen MR) is 170 cm³/mol. The van der Waals surface area contributed by atoms with Gasteiger partial charge in [0.15, 0.2) is 0 Å². The van der Waals surface area contributed by atoms with E-state index in [-0.39, 0.29) is 29.2 Å². The van der Waals surface area contributed by atoms with Gasteiger partial charge < -0.3 is 24.1 Å². The van der Waals surface area contributed by atoms with Gasteiger partial charge in [-0.1, -0.05) is 19.7 Å². The second kappa shape index (κ2) is 13.3. The van der Waals surface area contributed by atoms with Crippen LogP contribution in [0.5, 0.6) is 0 Å². The van der Waals surface area contributed by atoms with Crippen molar-refractivity contribution in [3.8, 4) is 0 Å². The molecule has 8 bridgehead atoms. The molecule has 3 atom stereocenters. The van der Waals surface area contributed by atoms with Gasteiger partial charge in [-0.05, 0) is 133 Å². The third-order valence-corrected chi connectivity index (χ3v) is 11.7. The van der Waals surface area contributed by atoms with Crippen molar-refractivity contribution in [2.45, 2.75) is 122 Å². The summed E-state index contributed by atoms with van der Waals surface area (Å²) in [6, 6.07) is 0. The zero-order chi connectivity index (χ0) is 33.6. The quantitative estimate of drug-likeness (QED) is 0.218. The lowest BCUT2D eigenvalue weighted by molar-refractivity contribution is -0.199. The van der Waals surface area contributed by atoms with Crippen LogP contribution < -0.4 is 0 Å². The van der Waals surface area contributed by atoms with E-state index in [1.165, 1.54) is 39.0 Å². The van der Waals surface area contributed by atoms with E-state index in [9.17, 15) is 24.3 Å². The second-order valence-corrected chi connectivity index (χ2v) is 15.6. The second-order valence-electron chi connectivity index (χ2n) is 15.6. The molecule has 9 aliphatic rings. The number of carbonyl (C=O) groups is 4. The van der Waals surface area contributed by atoms with Gasteiger partial charge >= 0.3 is 23.9 Å². The summed E-state index contributed by atoms with van der Waals surface area (Å²) >= 11 is 0. The SMILES string of the molecule is C=C(C)C(=O)OC1(C)C2CC3CC(C2)CC1C3.C=C(C)C(=O)OC1C2CC3CC1CC(O)(C3)C2.C=C(C)C(=O)OC1CCOC1=O. The van der Waals surface area contributed by atoms with E-state index in [1.807, 2.05) is 0 Å². The van der Waals surface area contributed by atoms with Crippen LogP contribution in [-0.4, -0.2) is 59.0 Å². The lowest BCUT2D eigenvalue weighted by atomic mass is 9.50. The molecule has 9 rings (SSSR count). The first-order chi connectivity index (χ1) is 21.6. The molecule has 0 aromatic rings. The van der Waals surface area contributed by atoms with Gasteiger partial charge in [-0.25, -0.2) is 19.2 Å². The fraction of sp³-hybridized carbons (Fsp3) is 0.730. The number of cyclic esters (lactones) is 1. The maximum absolute atomic E-state index is 11.8. The van der Waals surface area contributed by atoms with E-state index >= 15 is 0 Å². The molecule has 9 fully saturated rings. The van der Waals surface area contributed by atoms with E-state index in [0.717, 1.165) is 43.9 Å². The molecular weight excluding hydrogens is 588 g/mol. The summed E-state index contributed by atoms with van der Waals surface area (Å²) in [5.41, 5.74) is 0.624. The minimum absolute atomic E-state index is 0.0241. The molecule has 3 unspecified atom stereocenters. The summed E-state index contributed by atoms with van der Waals surface area (Å²) < 4.78 is 20.8. The first kappa shape index (κ1) is 34.4. The van der Waals surface area contributed by atoms with Crippen molar-refractivity contribution in [1.82, 2.24) is 0 Å². The molecule has 0 aromatic carbocycles. The Morgan fingerprint density at radius 1 is 0.739 bits per heavy atom. The molecular formula is C37H52O9. The first-order valence-corrected chi connectivity index (χ1v) is 17.1. The Morgan fingerprint density at radius 3 is 1.67 bits per heavy atom. The fourth-order valence-corrected chi connectivity index (χ4v) is 9.74. The monoisotopic (exact) mass is 640 g/mol. The Hall–Kier alpha value is -2.94. The van der Waals surface area contributed by atoms with Gasteiger partial charge in [-0.2, -0.15) is 0 Å². The van der Waals surface area contributed by atoms with E-state index in [4.69, 9.17) is 14.2 Å². The van der Waals surface area contributed by atoms with Crippen LogP contribution in [0.2, 0.25) is 0 Å². The molecule has 1 saturated heterocycles. The van der Waals surface area contributed by atoms with Crippen molar-refractivity contribution in [3.63, 3.8) is 0 Å². The Morgan fingerprint density at radius 2 is 1.24 bits per heavy atom. The molecule has 1 heterocycles. The van der Waals surface area contributed by atoms with E-state index in [2.05, 4.69) is 31.4 Å². The van der Waals surface area contributed by atoms with Crippen molar-refractivity contribution in [1.29, 1.82) is 0 Å². The van der Waals surface area contributed by atoms with Gasteiger partial charge in [0.2, 0.25) is 6.10 Å². The lowest BCUT2D eigenvalue weighted by Gasteiger charge is -2.59. The molecule has 46 heavy (non-hydrogen) atoms. The zero-order valence-corrected chi connectivity index (χ0v) is 28.0. The fourth-order valence-electron chi connectivity index (χ4n) is 9.74. The Kier molecular flexibility index (Phi) is 9.93. The Balaban J connectivity index is 0.000000139. The summed E-state index contributed by atoms with van der Waals surface area (Å²) in [5, 5.41) is 10.4. The number of hydrogen-bond acceptors (Lipinski definition) is 9. The van der Waals surface area contributed by atoms with Crippen molar-refractivity contribution in [2.24, 2.45) is 41.4 Å². The minimum Gasteiger partial charge on any atom is -0.463 e. The number of ether oxygens (including phenoxy) is 4. The van der Waals surface area contributed by atoms with Gasteiger partial charge in [0.1, 0.15) is 11.7 Å². The average molecular weight is 641 g/mol. The molecule has 1 aliphatic heterocycles. The van der Waals surface area contributed by atoms with Crippen LogP contribution in [0.15, 0.2) is 36.5 Å². The normalized spacial score (nSPS) is 40.4. The highest BCUT2D eigenvalue weighted by Crippen LogP contribution is 2.60. The number of rotatable bonds is 6.